The predicted octanol–water partition coefficient (Wildman–Crippen LogP) is 4.51. The SMILES string of the molecule is CCc1ccc(-n2c(C)cc(/C=C3\C(=O)NC(=S)N(c4ccc(OC)cc4OC)C3=O)c2C)cc1. The third kappa shape index (κ3) is 4.44. The molecule has 1 fully saturated rings. The topological polar surface area (TPSA) is 72.8 Å². The molecule has 1 N–H and O–H groups in total. The molecular weight excluding hydrogens is 462 g/mol. The highest BCUT2D eigenvalue weighted by atomic mass is 32.1. The number of carbonyl (C=O) groups excluding carboxylic acids is 2. The minimum Gasteiger partial charge on any atom is -0.497 e. The Hall–Kier alpha value is -3.91. The van der Waals surface area contributed by atoms with Crippen molar-refractivity contribution in [3.8, 4) is 17.2 Å². The fourth-order valence-corrected chi connectivity index (χ4v) is 4.49. The Balaban J connectivity index is 1.75. The molecule has 1 saturated heterocycles. The summed E-state index contributed by atoms with van der Waals surface area (Å²) < 4.78 is 12.8. The molecule has 0 bridgehead atoms. The molecule has 2 amide bonds. The highest BCUT2D eigenvalue weighted by Gasteiger charge is 2.36. The molecule has 2 aromatic carbocycles. The summed E-state index contributed by atoms with van der Waals surface area (Å²) >= 11 is 5.34. The zero-order chi connectivity index (χ0) is 25.3. The standard InChI is InChI=1S/C27H27N3O4S/c1-6-18-7-9-20(10-8-18)29-16(2)13-19(17(29)3)14-22-25(31)28-27(35)30(26(22)32)23-12-11-21(33-4)15-24(23)34-5/h7-15H,6H2,1-5H3,(H,28,31,35)/b22-14+. The van der Waals surface area contributed by atoms with E-state index >= 15 is 0 Å². The molecule has 1 aromatic heterocycles. The van der Waals surface area contributed by atoms with Gasteiger partial charge in [0.25, 0.3) is 11.8 Å². The van der Waals surface area contributed by atoms with Crippen molar-refractivity contribution in [2.75, 3.05) is 19.1 Å². The van der Waals surface area contributed by atoms with Crippen molar-refractivity contribution in [2.24, 2.45) is 0 Å². The summed E-state index contributed by atoms with van der Waals surface area (Å²) in [6, 6.07) is 15.3. The van der Waals surface area contributed by atoms with Crippen LogP contribution < -0.4 is 19.7 Å². The highest BCUT2D eigenvalue weighted by Crippen LogP contribution is 2.34. The second-order valence-electron chi connectivity index (χ2n) is 8.18. The van der Waals surface area contributed by atoms with Crippen LogP contribution in [0.5, 0.6) is 11.5 Å². The summed E-state index contributed by atoms with van der Waals surface area (Å²) in [5.41, 5.74) is 5.36. The van der Waals surface area contributed by atoms with Crippen molar-refractivity contribution in [3.05, 3.63) is 76.6 Å². The molecule has 1 aliphatic heterocycles. The van der Waals surface area contributed by atoms with Gasteiger partial charge in [-0.25, -0.2) is 4.90 Å². The predicted molar refractivity (Wildman–Crippen MR) is 140 cm³/mol. The largest absolute Gasteiger partial charge is 0.497 e. The van der Waals surface area contributed by atoms with Gasteiger partial charge in [0.15, 0.2) is 5.11 Å². The summed E-state index contributed by atoms with van der Waals surface area (Å²) in [5, 5.41) is 2.62. The lowest BCUT2D eigenvalue weighted by molar-refractivity contribution is -0.122. The van der Waals surface area contributed by atoms with Crippen LogP contribution in [0.4, 0.5) is 5.69 Å². The van der Waals surface area contributed by atoms with E-state index < -0.39 is 11.8 Å². The first-order chi connectivity index (χ1) is 16.8. The smallest absolute Gasteiger partial charge is 0.270 e. The fourth-order valence-electron chi connectivity index (χ4n) is 4.21. The molecular formula is C27H27N3O4S. The number of methoxy groups -OCH3 is 2. The van der Waals surface area contributed by atoms with E-state index in [1.807, 2.05) is 19.9 Å². The zero-order valence-corrected chi connectivity index (χ0v) is 21.2. The molecule has 4 rings (SSSR count). The number of anilines is 1. The van der Waals surface area contributed by atoms with Crippen LogP contribution in [-0.4, -0.2) is 35.7 Å². The Kier molecular flexibility index (Phi) is 6.75. The molecule has 0 atom stereocenters. The number of nitrogens with zero attached hydrogens (tertiary/aromatic N) is 2. The lowest BCUT2D eigenvalue weighted by Gasteiger charge is -2.30. The molecule has 35 heavy (non-hydrogen) atoms. The molecule has 8 heteroatoms. The number of aryl methyl sites for hydroxylation is 2. The van der Waals surface area contributed by atoms with Gasteiger partial charge in [-0.1, -0.05) is 19.1 Å². The lowest BCUT2D eigenvalue weighted by atomic mass is 10.1. The lowest BCUT2D eigenvalue weighted by Crippen LogP contribution is -2.54. The van der Waals surface area contributed by atoms with Crippen LogP contribution in [0.3, 0.4) is 0 Å². The van der Waals surface area contributed by atoms with Gasteiger partial charge in [-0.15, -0.1) is 0 Å². The van der Waals surface area contributed by atoms with Crippen molar-refractivity contribution in [1.82, 2.24) is 9.88 Å². The van der Waals surface area contributed by atoms with Crippen molar-refractivity contribution in [2.45, 2.75) is 27.2 Å². The van der Waals surface area contributed by atoms with E-state index in [4.69, 9.17) is 21.7 Å². The van der Waals surface area contributed by atoms with Gasteiger partial charge in [-0.3, -0.25) is 14.9 Å². The van der Waals surface area contributed by atoms with E-state index in [-0.39, 0.29) is 10.7 Å². The first-order valence-corrected chi connectivity index (χ1v) is 11.6. The molecule has 180 valence electrons. The van der Waals surface area contributed by atoms with Crippen LogP contribution in [-0.2, 0) is 16.0 Å². The number of aromatic nitrogens is 1. The summed E-state index contributed by atoms with van der Waals surface area (Å²) in [6.45, 7) is 6.08. The average Bonchev–Trinajstić information content (AvgIpc) is 3.14. The van der Waals surface area contributed by atoms with Gasteiger partial charge in [0.05, 0.1) is 19.9 Å². The molecule has 0 saturated carbocycles. The first-order valence-electron chi connectivity index (χ1n) is 11.2. The van der Waals surface area contributed by atoms with Gasteiger partial charge >= 0.3 is 0 Å². The maximum absolute atomic E-state index is 13.5. The number of rotatable bonds is 6. The number of amides is 2. The molecule has 3 aromatic rings. The van der Waals surface area contributed by atoms with E-state index in [9.17, 15) is 9.59 Å². The van der Waals surface area contributed by atoms with E-state index in [0.717, 1.165) is 29.1 Å². The first kappa shape index (κ1) is 24.2. The van der Waals surface area contributed by atoms with E-state index in [1.54, 1.807) is 31.4 Å². The number of thiocarbonyl (C=S) groups is 1. The van der Waals surface area contributed by atoms with Crippen molar-refractivity contribution >= 4 is 40.9 Å². The minimum absolute atomic E-state index is 0.0119. The number of carbonyl (C=O) groups is 2. The number of benzene rings is 2. The summed E-state index contributed by atoms with van der Waals surface area (Å²) in [5.74, 6) is -0.107. The third-order valence-electron chi connectivity index (χ3n) is 6.10. The quantitative estimate of drug-likeness (QED) is 0.314. The van der Waals surface area contributed by atoms with E-state index in [2.05, 4.69) is 41.1 Å². The van der Waals surface area contributed by atoms with Crippen LogP contribution >= 0.6 is 12.2 Å². The van der Waals surface area contributed by atoms with Crippen LogP contribution in [0.25, 0.3) is 11.8 Å². The molecule has 1 aliphatic rings. The van der Waals surface area contributed by atoms with Crippen molar-refractivity contribution in [1.29, 1.82) is 0 Å². The van der Waals surface area contributed by atoms with Crippen LogP contribution in [0.15, 0.2) is 54.1 Å². The highest BCUT2D eigenvalue weighted by molar-refractivity contribution is 7.80. The van der Waals surface area contributed by atoms with Gasteiger partial charge in [0.2, 0.25) is 0 Å². The van der Waals surface area contributed by atoms with Gasteiger partial charge in [-0.2, -0.15) is 0 Å². The summed E-state index contributed by atoms with van der Waals surface area (Å²) in [7, 11) is 3.04. The number of hydrogen-bond donors (Lipinski definition) is 1. The van der Waals surface area contributed by atoms with Crippen LogP contribution in [0, 0.1) is 13.8 Å². The second kappa shape index (κ2) is 9.76. The molecule has 2 heterocycles. The molecule has 0 unspecified atom stereocenters. The number of ether oxygens (including phenoxy) is 2. The average molecular weight is 490 g/mol. The van der Waals surface area contributed by atoms with Gasteiger partial charge in [-0.05, 0) is 80.0 Å². The Bertz CT molecular complexity index is 1360. The van der Waals surface area contributed by atoms with Gasteiger partial charge in [0, 0.05) is 23.1 Å². The van der Waals surface area contributed by atoms with E-state index in [0.29, 0.717) is 17.2 Å². The Labute approximate surface area is 210 Å². The Morgan fingerprint density at radius 2 is 1.71 bits per heavy atom. The normalized spacial score (nSPS) is 14.9. The Morgan fingerprint density at radius 1 is 1.00 bits per heavy atom. The van der Waals surface area contributed by atoms with Crippen LogP contribution in [0.1, 0.15) is 29.4 Å². The number of hydrogen-bond acceptors (Lipinski definition) is 5. The molecule has 7 nitrogen and oxygen atoms in total. The monoisotopic (exact) mass is 489 g/mol. The third-order valence-corrected chi connectivity index (χ3v) is 6.39. The molecule has 0 aliphatic carbocycles. The van der Waals surface area contributed by atoms with E-state index in [1.165, 1.54) is 17.6 Å². The maximum Gasteiger partial charge on any atom is 0.270 e. The maximum atomic E-state index is 13.5. The summed E-state index contributed by atoms with van der Waals surface area (Å²) in [4.78, 5) is 27.6. The van der Waals surface area contributed by atoms with Crippen molar-refractivity contribution in [3.63, 3.8) is 0 Å². The second-order valence-corrected chi connectivity index (χ2v) is 8.56. The minimum atomic E-state index is -0.541. The Morgan fingerprint density at radius 3 is 2.34 bits per heavy atom. The van der Waals surface area contributed by atoms with Gasteiger partial charge < -0.3 is 14.0 Å². The molecule has 0 spiro atoms. The number of nitrogens with one attached hydrogen (secondary N) is 1. The molecule has 0 radical (unpaired) electrons. The summed E-state index contributed by atoms with van der Waals surface area (Å²) in [6.07, 6.45) is 2.58. The zero-order valence-electron chi connectivity index (χ0n) is 20.3. The fraction of sp³-hybridized carbons (Fsp3) is 0.222. The van der Waals surface area contributed by atoms with Crippen LogP contribution in [0.2, 0.25) is 0 Å². The van der Waals surface area contributed by atoms with Gasteiger partial charge in [0.1, 0.15) is 17.1 Å². The van der Waals surface area contributed by atoms with Crippen molar-refractivity contribution < 1.29 is 19.1 Å².